The van der Waals surface area contributed by atoms with Crippen molar-refractivity contribution in [3.63, 3.8) is 0 Å². The van der Waals surface area contributed by atoms with Crippen molar-refractivity contribution in [1.29, 1.82) is 0 Å². The fraction of sp³-hybridized carbons (Fsp3) is 0.368. The molecule has 0 spiro atoms. The largest absolute Gasteiger partial charge is 0.456 e. The van der Waals surface area contributed by atoms with Crippen LogP contribution in [0.25, 0.3) is 0 Å². The lowest BCUT2D eigenvalue weighted by Crippen LogP contribution is -2.21. The van der Waals surface area contributed by atoms with E-state index in [9.17, 15) is 9.59 Å². The molecule has 1 saturated heterocycles. The molecule has 1 aliphatic rings. The number of benzene rings is 1. The van der Waals surface area contributed by atoms with Gasteiger partial charge in [-0.15, -0.1) is 11.3 Å². The quantitative estimate of drug-likeness (QED) is 0.770. The lowest BCUT2D eigenvalue weighted by molar-refractivity contribution is -0.147. The number of esters is 1. The molecule has 25 heavy (non-hydrogen) atoms. The zero-order chi connectivity index (χ0) is 17.5. The molecule has 1 aromatic carbocycles. The number of hydrogen-bond acceptors (Lipinski definition) is 5. The molecule has 0 radical (unpaired) electrons. The third-order valence-electron chi connectivity index (χ3n) is 4.14. The first kappa shape index (κ1) is 17.5. The molecule has 0 unspecified atom stereocenters. The zero-order valence-corrected chi connectivity index (χ0v) is 14.9. The van der Waals surface area contributed by atoms with Crippen LogP contribution in [0.3, 0.4) is 0 Å². The van der Waals surface area contributed by atoms with Gasteiger partial charge in [0.15, 0.2) is 6.61 Å². The molecule has 0 atom stereocenters. The molecule has 2 heterocycles. The molecule has 6 heteroatoms. The number of nitrogens with zero attached hydrogens (tertiary/aromatic N) is 1. The highest BCUT2D eigenvalue weighted by Gasteiger charge is 2.12. The normalized spacial score (nSPS) is 13.7. The second-order valence-electron chi connectivity index (χ2n) is 6.03. The van der Waals surface area contributed by atoms with Crippen molar-refractivity contribution >= 4 is 34.6 Å². The van der Waals surface area contributed by atoms with Gasteiger partial charge < -0.3 is 15.0 Å². The van der Waals surface area contributed by atoms with E-state index < -0.39 is 0 Å². The first-order valence-corrected chi connectivity index (χ1v) is 9.41. The van der Waals surface area contributed by atoms with Gasteiger partial charge in [0.25, 0.3) is 5.91 Å². The van der Waals surface area contributed by atoms with E-state index in [0.717, 1.165) is 18.0 Å². The van der Waals surface area contributed by atoms with Gasteiger partial charge in [0.1, 0.15) is 0 Å². The van der Waals surface area contributed by atoms with E-state index in [0.29, 0.717) is 18.5 Å². The lowest BCUT2D eigenvalue weighted by Gasteiger charge is -2.17. The van der Waals surface area contributed by atoms with Gasteiger partial charge >= 0.3 is 5.97 Å². The van der Waals surface area contributed by atoms with Crippen LogP contribution in [-0.4, -0.2) is 31.6 Å². The predicted molar refractivity (Wildman–Crippen MR) is 100 cm³/mol. The summed E-state index contributed by atoms with van der Waals surface area (Å²) in [4.78, 5) is 27.1. The van der Waals surface area contributed by atoms with Crippen LogP contribution in [0.2, 0.25) is 0 Å². The van der Waals surface area contributed by atoms with Crippen molar-refractivity contribution in [2.75, 3.05) is 29.9 Å². The van der Waals surface area contributed by atoms with Crippen molar-refractivity contribution in [1.82, 2.24) is 0 Å². The first-order chi connectivity index (χ1) is 12.2. The van der Waals surface area contributed by atoms with E-state index in [1.807, 2.05) is 41.8 Å². The fourth-order valence-electron chi connectivity index (χ4n) is 2.83. The fourth-order valence-corrected chi connectivity index (χ4v) is 3.54. The Bertz CT molecular complexity index is 692. The number of rotatable bonds is 7. The minimum absolute atomic E-state index is 0.253. The summed E-state index contributed by atoms with van der Waals surface area (Å²) in [5, 5.41) is 4.73. The zero-order valence-electron chi connectivity index (χ0n) is 14.1. The van der Waals surface area contributed by atoms with Gasteiger partial charge in [0.05, 0.1) is 6.42 Å². The molecule has 1 aromatic heterocycles. The maximum absolute atomic E-state index is 11.9. The van der Waals surface area contributed by atoms with E-state index >= 15 is 0 Å². The van der Waals surface area contributed by atoms with E-state index in [1.165, 1.54) is 18.5 Å². The predicted octanol–water partition coefficient (Wildman–Crippen LogP) is 3.46. The Morgan fingerprint density at radius 3 is 2.56 bits per heavy atom. The topological polar surface area (TPSA) is 58.6 Å². The number of carbonyl (C=O) groups excluding carboxylic acids is 2. The lowest BCUT2D eigenvalue weighted by atomic mass is 10.2. The molecule has 5 nitrogen and oxygen atoms in total. The highest BCUT2D eigenvalue weighted by atomic mass is 32.1. The second kappa shape index (κ2) is 8.67. The van der Waals surface area contributed by atoms with Crippen molar-refractivity contribution in [3.8, 4) is 0 Å². The Labute approximate surface area is 151 Å². The molecular weight excluding hydrogens is 336 g/mol. The van der Waals surface area contributed by atoms with Gasteiger partial charge in [-0.3, -0.25) is 9.59 Å². The van der Waals surface area contributed by atoms with Gasteiger partial charge in [-0.1, -0.05) is 6.07 Å². The summed E-state index contributed by atoms with van der Waals surface area (Å²) in [5.41, 5.74) is 1.89. The minimum Gasteiger partial charge on any atom is -0.456 e. The van der Waals surface area contributed by atoms with Crippen LogP contribution in [0.15, 0.2) is 41.8 Å². The smallest absolute Gasteiger partial charge is 0.306 e. The molecule has 0 bridgehead atoms. The average Bonchev–Trinajstić information content (AvgIpc) is 3.32. The number of amides is 1. The van der Waals surface area contributed by atoms with Crippen LogP contribution < -0.4 is 10.2 Å². The van der Waals surface area contributed by atoms with Crippen molar-refractivity contribution < 1.29 is 14.3 Å². The van der Waals surface area contributed by atoms with Crippen molar-refractivity contribution in [2.45, 2.75) is 25.7 Å². The number of thiophene rings is 1. The number of carbonyl (C=O) groups is 2. The average molecular weight is 358 g/mol. The molecule has 2 aromatic rings. The van der Waals surface area contributed by atoms with Crippen molar-refractivity contribution in [3.05, 3.63) is 46.7 Å². The van der Waals surface area contributed by atoms with Crippen LogP contribution >= 0.6 is 11.3 Å². The standard InChI is InChI=1S/C19H22N2O3S/c22-18(14-24-19(23)10-9-17-4-3-13-25-17)20-15-5-7-16(8-6-15)21-11-1-2-12-21/h3-8,13H,1-2,9-12,14H2,(H,20,22). The Kier molecular flexibility index (Phi) is 6.06. The van der Waals surface area contributed by atoms with Gasteiger partial charge in [-0.2, -0.15) is 0 Å². The van der Waals surface area contributed by atoms with E-state index in [1.54, 1.807) is 11.3 Å². The maximum atomic E-state index is 11.9. The second-order valence-corrected chi connectivity index (χ2v) is 7.06. The van der Waals surface area contributed by atoms with E-state index in [-0.39, 0.29) is 18.5 Å². The number of anilines is 2. The van der Waals surface area contributed by atoms with Crippen molar-refractivity contribution in [2.24, 2.45) is 0 Å². The Hall–Kier alpha value is -2.34. The molecule has 1 aliphatic heterocycles. The molecule has 1 fully saturated rings. The molecule has 1 N–H and O–H groups in total. The van der Waals surface area contributed by atoms with E-state index in [4.69, 9.17) is 4.74 Å². The Balaban J connectivity index is 1.39. The van der Waals surface area contributed by atoms with Gasteiger partial charge in [-0.05, 0) is 55.0 Å². The third-order valence-corrected chi connectivity index (χ3v) is 5.08. The Morgan fingerprint density at radius 1 is 1.12 bits per heavy atom. The molecular formula is C19H22N2O3S. The summed E-state index contributed by atoms with van der Waals surface area (Å²) in [6.45, 7) is 1.93. The highest BCUT2D eigenvalue weighted by Crippen LogP contribution is 2.22. The van der Waals surface area contributed by atoms with Gasteiger partial charge in [0.2, 0.25) is 0 Å². The number of aryl methyl sites for hydroxylation is 1. The summed E-state index contributed by atoms with van der Waals surface area (Å²) < 4.78 is 5.02. The number of hydrogen-bond donors (Lipinski definition) is 1. The summed E-state index contributed by atoms with van der Waals surface area (Å²) in [5.74, 6) is -0.675. The minimum atomic E-state index is -0.354. The summed E-state index contributed by atoms with van der Waals surface area (Å²) in [7, 11) is 0. The molecule has 1 amide bonds. The molecule has 3 rings (SSSR count). The monoisotopic (exact) mass is 358 g/mol. The SMILES string of the molecule is O=C(COC(=O)CCc1cccs1)Nc1ccc(N2CCCC2)cc1. The molecule has 0 aliphatic carbocycles. The van der Waals surface area contributed by atoms with Crippen LogP contribution in [0.1, 0.15) is 24.1 Å². The van der Waals surface area contributed by atoms with Crippen LogP contribution in [0, 0.1) is 0 Å². The van der Waals surface area contributed by atoms with Crippen LogP contribution in [0.4, 0.5) is 11.4 Å². The van der Waals surface area contributed by atoms with E-state index in [2.05, 4.69) is 10.2 Å². The molecule has 132 valence electrons. The summed E-state index contributed by atoms with van der Waals surface area (Å²) >= 11 is 1.61. The third kappa shape index (κ3) is 5.32. The number of nitrogens with one attached hydrogen (secondary N) is 1. The summed E-state index contributed by atoms with van der Waals surface area (Å²) in [6, 6.07) is 11.7. The Morgan fingerprint density at radius 2 is 1.88 bits per heavy atom. The molecule has 0 saturated carbocycles. The van der Waals surface area contributed by atoms with Crippen LogP contribution in [0.5, 0.6) is 0 Å². The first-order valence-electron chi connectivity index (χ1n) is 8.53. The highest BCUT2D eigenvalue weighted by molar-refractivity contribution is 7.09. The van der Waals surface area contributed by atoms with Gasteiger partial charge in [0, 0.05) is 29.3 Å². The number of ether oxygens (including phenoxy) is 1. The van der Waals surface area contributed by atoms with Crippen LogP contribution in [-0.2, 0) is 20.7 Å². The summed E-state index contributed by atoms with van der Waals surface area (Å²) in [6.07, 6.45) is 3.40. The maximum Gasteiger partial charge on any atom is 0.306 e. The van der Waals surface area contributed by atoms with Gasteiger partial charge in [-0.25, -0.2) is 0 Å².